The van der Waals surface area contributed by atoms with E-state index < -0.39 is 11.8 Å². The first kappa shape index (κ1) is 23.7. The van der Waals surface area contributed by atoms with Crippen molar-refractivity contribution in [2.24, 2.45) is 5.10 Å². The lowest BCUT2D eigenvalue weighted by molar-refractivity contribution is -0.136. The third-order valence-corrected chi connectivity index (χ3v) is 4.79. The maximum absolute atomic E-state index is 12.8. The summed E-state index contributed by atoms with van der Waals surface area (Å²) < 4.78 is 16.0. The average Bonchev–Trinajstić information content (AvgIpc) is 2.85. The number of benzene rings is 2. The number of rotatable bonds is 7. The van der Waals surface area contributed by atoms with Crippen molar-refractivity contribution in [2.75, 3.05) is 45.3 Å². The molecule has 0 atom stereocenters. The van der Waals surface area contributed by atoms with Gasteiger partial charge in [0.15, 0.2) is 0 Å². The lowest BCUT2D eigenvalue weighted by atomic mass is 10.1. The highest BCUT2D eigenvalue weighted by molar-refractivity contribution is 6.40. The predicted octanol–water partition coefficient (Wildman–Crippen LogP) is 1.66. The lowest BCUT2D eigenvalue weighted by Crippen LogP contribution is -2.41. The minimum Gasteiger partial charge on any atom is -0.496 e. The largest absolute Gasteiger partial charge is 0.496 e. The molecule has 2 aromatic rings. The van der Waals surface area contributed by atoms with Crippen molar-refractivity contribution in [1.82, 2.24) is 10.3 Å². The summed E-state index contributed by atoms with van der Waals surface area (Å²) in [6, 6.07) is 11.7. The van der Waals surface area contributed by atoms with Gasteiger partial charge in [0.1, 0.15) is 11.5 Å². The zero-order valence-electron chi connectivity index (χ0n) is 18.5. The van der Waals surface area contributed by atoms with E-state index in [2.05, 4.69) is 15.8 Å². The van der Waals surface area contributed by atoms with Crippen molar-refractivity contribution in [3.63, 3.8) is 0 Å². The molecule has 10 heteroatoms. The molecule has 0 aliphatic carbocycles. The second-order valence-corrected chi connectivity index (χ2v) is 6.94. The van der Waals surface area contributed by atoms with Crippen LogP contribution in [0, 0.1) is 0 Å². The van der Waals surface area contributed by atoms with Crippen LogP contribution in [0.3, 0.4) is 0 Å². The summed E-state index contributed by atoms with van der Waals surface area (Å²) in [7, 11) is 1.51. The number of para-hydroxylation sites is 1. The van der Waals surface area contributed by atoms with Crippen LogP contribution < -0.4 is 20.2 Å². The molecular weight excluding hydrogens is 428 g/mol. The van der Waals surface area contributed by atoms with Crippen LogP contribution in [0.2, 0.25) is 0 Å². The Morgan fingerprint density at radius 2 is 1.88 bits per heavy atom. The topological polar surface area (TPSA) is 119 Å². The summed E-state index contributed by atoms with van der Waals surface area (Å²) in [5, 5.41) is 6.31. The molecule has 2 aromatic carbocycles. The number of ether oxygens (including phenoxy) is 3. The Morgan fingerprint density at radius 1 is 1.12 bits per heavy atom. The Labute approximate surface area is 191 Å². The summed E-state index contributed by atoms with van der Waals surface area (Å²) in [6.07, 6.45) is 1.35. The van der Waals surface area contributed by atoms with E-state index in [1.165, 1.54) is 13.3 Å². The van der Waals surface area contributed by atoms with Crippen molar-refractivity contribution in [3.8, 4) is 11.5 Å². The summed E-state index contributed by atoms with van der Waals surface area (Å²) in [6.45, 7) is 4.20. The number of hydrogen-bond acceptors (Lipinski definition) is 7. The fourth-order valence-electron chi connectivity index (χ4n) is 3.18. The first-order chi connectivity index (χ1) is 16.0. The zero-order chi connectivity index (χ0) is 23.6. The predicted molar refractivity (Wildman–Crippen MR) is 122 cm³/mol. The van der Waals surface area contributed by atoms with E-state index in [9.17, 15) is 14.4 Å². The van der Waals surface area contributed by atoms with Gasteiger partial charge in [-0.25, -0.2) is 5.43 Å². The number of anilines is 1. The van der Waals surface area contributed by atoms with Gasteiger partial charge >= 0.3 is 11.8 Å². The summed E-state index contributed by atoms with van der Waals surface area (Å²) >= 11 is 0. The molecule has 2 N–H and O–H groups in total. The fraction of sp³-hybridized carbons (Fsp3) is 0.304. The van der Waals surface area contributed by atoms with E-state index in [1.54, 1.807) is 47.4 Å². The van der Waals surface area contributed by atoms with Crippen molar-refractivity contribution >= 4 is 29.6 Å². The first-order valence-electron chi connectivity index (χ1n) is 10.4. The number of carbonyl (C=O) groups is 3. The van der Waals surface area contributed by atoms with Crippen LogP contribution in [0.4, 0.5) is 5.69 Å². The maximum Gasteiger partial charge on any atom is 0.329 e. The van der Waals surface area contributed by atoms with Gasteiger partial charge in [0.2, 0.25) is 0 Å². The number of morpholine rings is 1. The van der Waals surface area contributed by atoms with Crippen LogP contribution in [-0.2, 0) is 14.3 Å². The molecule has 1 heterocycles. The molecule has 0 bridgehead atoms. The highest BCUT2D eigenvalue weighted by Gasteiger charge is 2.22. The monoisotopic (exact) mass is 454 g/mol. The molecule has 3 rings (SSSR count). The smallest absolute Gasteiger partial charge is 0.329 e. The summed E-state index contributed by atoms with van der Waals surface area (Å²) in [5.74, 6) is -1.04. The number of nitrogens with zero attached hydrogens (tertiary/aromatic N) is 2. The second kappa shape index (κ2) is 11.6. The van der Waals surface area contributed by atoms with Crippen LogP contribution in [0.1, 0.15) is 22.8 Å². The minimum absolute atomic E-state index is 0.240. The highest BCUT2D eigenvalue weighted by Crippen LogP contribution is 2.22. The van der Waals surface area contributed by atoms with Gasteiger partial charge in [-0.3, -0.25) is 14.4 Å². The van der Waals surface area contributed by atoms with E-state index in [-0.39, 0.29) is 11.6 Å². The number of carbonyl (C=O) groups excluding carboxylic acids is 3. The Bertz CT molecular complexity index is 1030. The molecule has 0 spiro atoms. The molecule has 174 valence electrons. The number of amides is 3. The first-order valence-corrected chi connectivity index (χ1v) is 10.4. The Kier molecular flexibility index (Phi) is 8.36. The fourth-order valence-corrected chi connectivity index (χ4v) is 3.18. The normalized spacial score (nSPS) is 13.5. The van der Waals surface area contributed by atoms with Gasteiger partial charge in [-0.2, -0.15) is 5.10 Å². The van der Waals surface area contributed by atoms with Crippen LogP contribution in [0.25, 0.3) is 0 Å². The molecule has 1 aliphatic rings. The van der Waals surface area contributed by atoms with Gasteiger partial charge in [-0.05, 0) is 37.3 Å². The standard InChI is InChI=1S/C23H26N4O6/c1-3-33-17-8-9-20(31-2)16(14-17)15-24-26-22(29)21(28)25-19-7-5-4-6-18(19)23(30)27-10-12-32-13-11-27/h4-9,14-15H,3,10-13H2,1-2H3,(H,25,28)(H,26,29)/b24-15-. The van der Waals surface area contributed by atoms with Gasteiger partial charge in [-0.1, -0.05) is 12.1 Å². The van der Waals surface area contributed by atoms with Gasteiger partial charge in [-0.15, -0.1) is 0 Å². The Hall–Kier alpha value is -3.92. The maximum atomic E-state index is 12.8. The number of nitrogens with one attached hydrogen (secondary N) is 2. The third kappa shape index (κ3) is 6.30. The van der Waals surface area contributed by atoms with E-state index in [0.717, 1.165) is 0 Å². The highest BCUT2D eigenvalue weighted by atomic mass is 16.5. The van der Waals surface area contributed by atoms with E-state index in [0.29, 0.717) is 55.5 Å². The van der Waals surface area contributed by atoms with Gasteiger partial charge < -0.3 is 24.4 Å². The van der Waals surface area contributed by atoms with Gasteiger partial charge in [0.25, 0.3) is 5.91 Å². The van der Waals surface area contributed by atoms with Crippen molar-refractivity contribution in [3.05, 3.63) is 53.6 Å². The quantitative estimate of drug-likeness (QED) is 0.373. The summed E-state index contributed by atoms with van der Waals surface area (Å²) in [5.41, 5.74) is 3.27. The Balaban J connectivity index is 1.64. The van der Waals surface area contributed by atoms with E-state index in [4.69, 9.17) is 14.2 Å². The van der Waals surface area contributed by atoms with Gasteiger partial charge in [0.05, 0.1) is 44.4 Å². The van der Waals surface area contributed by atoms with E-state index in [1.807, 2.05) is 6.92 Å². The number of methoxy groups -OCH3 is 1. The van der Waals surface area contributed by atoms with E-state index >= 15 is 0 Å². The average molecular weight is 454 g/mol. The Morgan fingerprint density at radius 3 is 2.61 bits per heavy atom. The van der Waals surface area contributed by atoms with Gasteiger partial charge in [0, 0.05) is 18.7 Å². The minimum atomic E-state index is -0.986. The molecule has 1 aliphatic heterocycles. The second-order valence-electron chi connectivity index (χ2n) is 6.94. The van der Waals surface area contributed by atoms with Crippen molar-refractivity contribution in [2.45, 2.75) is 6.92 Å². The van der Waals surface area contributed by atoms with Crippen LogP contribution in [-0.4, -0.2) is 68.9 Å². The molecule has 3 amide bonds. The van der Waals surface area contributed by atoms with Crippen molar-refractivity contribution < 1.29 is 28.6 Å². The molecule has 1 fully saturated rings. The molecule has 0 saturated carbocycles. The molecule has 10 nitrogen and oxygen atoms in total. The SMILES string of the molecule is CCOc1ccc(OC)c(/C=N\NC(=O)C(=O)Nc2ccccc2C(=O)N2CCOCC2)c1. The van der Waals surface area contributed by atoms with Crippen molar-refractivity contribution in [1.29, 1.82) is 0 Å². The molecule has 0 unspecified atom stereocenters. The van der Waals surface area contributed by atoms with Crippen LogP contribution in [0.15, 0.2) is 47.6 Å². The molecular formula is C23H26N4O6. The summed E-state index contributed by atoms with van der Waals surface area (Å²) in [4.78, 5) is 39.1. The zero-order valence-corrected chi connectivity index (χ0v) is 18.5. The molecule has 0 radical (unpaired) electrons. The number of hydrazone groups is 1. The molecule has 33 heavy (non-hydrogen) atoms. The number of hydrogen-bond donors (Lipinski definition) is 2. The molecule has 1 saturated heterocycles. The van der Waals surface area contributed by atoms with Crippen LogP contribution >= 0.6 is 0 Å². The lowest BCUT2D eigenvalue weighted by Gasteiger charge is -2.27. The third-order valence-electron chi connectivity index (χ3n) is 4.79. The van der Waals surface area contributed by atoms with Crippen LogP contribution in [0.5, 0.6) is 11.5 Å². The molecule has 0 aromatic heterocycles.